The number of halogens is 7. The number of rotatable bonds is 4. The summed E-state index contributed by atoms with van der Waals surface area (Å²) in [4.78, 5) is 0. The lowest BCUT2D eigenvalue weighted by Crippen LogP contribution is -2.17. The summed E-state index contributed by atoms with van der Waals surface area (Å²) in [6, 6.07) is 12.1. The van der Waals surface area contributed by atoms with Crippen LogP contribution in [-0.4, -0.2) is 6.36 Å². The van der Waals surface area contributed by atoms with Gasteiger partial charge in [-0.1, -0.05) is 43.3 Å². The molecule has 0 unspecified atom stereocenters. The molecule has 4 aromatic carbocycles. The molecule has 0 aliphatic heterocycles. The number of hydrogen-bond acceptors (Lipinski definition) is 1. The second kappa shape index (κ2) is 8.42. The van der Waals surface area contributed by atoms with Gasteiger partial charge in [0.2, 0.25) is 0 Å². The van der Waals surface area contributed by atoms with Crippen LogP contribution in [0.25, 0.3) is 33.0 Å². The van der Waals surface area contributed by atoms with Gasteiger partial charge >= 0.3 is 6.36 Å². The van der Waals surface area contributed by atoms with Gasteiger partial charge in [-0.2, -0.15) is 0 Å². The maximum atomic E-state index is 15.1. The van der Waals surface area contributed by atoms with E-state index in [1.807, 2.05) is 13.0 Å². The molecule has 8 heteroatoms. The molecule has 0 aliphatic rings. The van der Waals surface area contributed by atoms with Crippen molar-refractivity contribution in [2.75, 3.05) is 0 Å². The molecule has 4 rings (SSSR count). The largest absolute Gasteiger partial charge is 0.573 e. The Labute approximate surface area is 184 Å². The Balaban J connectivity index is 1.75. The lowest BCUT2D eigenvalue weighted by atomic mass is 9.96. The first-order valence-electron chi connectivity index (χ1n) is 9.83. The summed E-state index contributed by atoms with van der Waals surface area (Å²) >= 11 is 0. The predicted molar refractivity (Wildman–Crippen MR) is 111 cm³/mol. The first-order chi connectivity index (χ1) is 15.6. The van der Waals surface area contributed by atoms with Crippen molar-refractivity contribution in [3.8, 4) is 28.0 Å². The quantitative estimate of drug-likeness (QED) is 0.277. The molecule has 0 aromatic heterocycles. The molecule has 0 heterocycles. The smallest absolute Gasteiger partial charge is 0.403 e. The van der Waals surface area contributed by atoms with E-state index in [0.717, 1.165) is 30.2 Å². The fourth-order valence-electron chi connectivity index (χ4n) is 3.65. The van der Waals surface area contributed by atoms with E-state index >= 15 is 4.39 Å². The van der Waals surface area contributed by atoms with Crippen molar-refractivity contribution >= 4 is 10.8 Å². The molecule has 0 saturated carbocycles. The molecular weight excluding hydrogens is 449 g/mol. The number of hydrogen-bond donors (Lipinski definition) is 0. The first-order valence-corrected chi connectivity index (χ1v) is 9.83. The number of ether oxygens (including phenoxy) is 1. The summed E-state index contributed by atoms with van der Waals surface area (Å²) < 4.78 is 99.2. The standard InChI is InChI=1S/C25H15F7O/c1-2-13-3-6-17-14(9-13)4-7-18(24(17)29)16-11-20(27)23(21(28)12-16)15-5-8-22(19(26)10-15)33-25(30,31)32/h3-12H,2H2,1H3. The van der Waals surface area contributed by atoms with Gasteiger partial charge in [0.25, 0.3) is 0 Å². The first kappa shape index (κ1) is 22.6. The molecule has 0 radical (unpaired) electrons. The van der Waals surface area contributed by atoms with E-state index in [1.165, 1.54) is 6.07 Å². The zero-order chi connectivity index (χ0) is 23.9. The van der Waals surface area contributed by atoms with Crippen molar-refractivity contribution in [1.82, 2.24) is 0 Å². The van der Waals surface area contributed by atoms with Gasteiger partial charge in [0, 0.05) is 10.9 Å². The zero-order valence-electron chi connectivity index (χ0n) is 17.0. The predicted octanol–water partition coefficient (Wildman–Crippen LogP) is 8.19. The lowest BCUT2D eigenvalue weighted by molar-refractivity contribution is -0.275. The third-order valence-electron chi connectivity index (χ3n) is 5.23. The normalized spacial score (nSPS) is 11.8. The Bertz CT molecular complexity index is 1340. The molecule has 33 heavy (non-hydrogen) atoms. The highest BCUT2D eigenvalue weighted by molar-refractivity contribution is 5.89. The van der Waals surface area contributed by atoms with Crippen molar-refractivity contribution in [3.63, 3.8) is 0 Å². The van der Waals surface area contributed by atoms with E-state index < -0.39 is 40.9 Å². The van der Waals surface area contributed by atoms with Gasteiger partial charge in [-0.3, -0.25) is 0 Å². The molecular formula is C25H15F7O. The number of benzene rings is 4. The molecule has 170 valence electrons. The van der Waals surface area contributed by atoms with E-state index in [4.69, 9.17) is 0 Å². The highest BCUT2D eigenvalue weighted by Gasteiger charge is 2.32. The van der Waals surface area contributed by atoms with E-state index in [1.54, 1.807) is 18.2 Å². The van der Waals surface area contributed by atoms with Crippen LogP contribution < -0.4 is 4.74 Å². The summed E-state index contributed by atoms with van der Waals surface area (Å²) in [5.74, 6) is -5.49. The summed E-state index contributed by atoms with van der Waals surface area (Å²) in [5, 5.41) is 0.932. The van der Waals surface area contributed by atoms with Crippen LogP contribution in [0.2, 0.25) is 0 Å². The monoisotopic (exact) mass is 464 g/mol. The Morgan fingerprint density at radius 2 is 1.39 bits per heavy atom. The Morgan fingerprint density at radius 3 is 2.00 bits per heavy atom. The molecule has 0 spiro atoms. The van der Waals surface area contributed by atoms with Gasteiger partial charge in [-0.05, 0) is 52.8 Å². The molecule has 0 N–H and O–H groups in total. The van der Waals surface area contributed by atoms with Crippen LogP contribution in [0.1, 0.15) is 12.5 Å². The third-order valence-corrected chi connectivity index (χ3v) is 5.23. The summed E-state index contributed by atoms with van der Waals surface area (Å²) in [6.45, 7) is 1.96. The summed E-state index contributed by atoms with van der Waals surface area (Å²) in [7, 11) is 0. The highest BCUT2D eigenvalue weighted by Crippen LogP contribution is 2.36. The fraction of sp³-hybridized carbons (Fsp3) is 0.120. The number of alkyl halides is 3. The van der Waals surface area contributed by atoms with Crippen molar-refractivity contribution in [2.45, 2.75) is 19.7 Å². The van der Waals surface area contributed by atoms with Gasteiger partial charge < -0.3 is 4.74 Å². The van der Waals surface area contributed by atoms with Gasteiger partial charge in [0.15, 0.2) is 11.6 Å². The van der Waals surface area contributed by atoms with E-state index in [2.05, 4.69) is 4.74 Å². The molecule has 0 amide bonds. The van der Waals surface area contributed by atoms with Crippen LogP contribution in [0.3, 0.4) is 0 Å². The number of fused-ring (bicyclic) bond motifs is 1. The minimum atomic E-state index is -5.12. The van der Waals surface area contributed by atoms with Crippen LogP contribution in [-0.2, 0) is 6.42 Å². The maximum Gasteiger partial charge on any atom is 0.573 e. The van der Waals surface area contributed by atoms with E-state index in [0.29, 0.717) is 17.5 Å². The topological polar surface area (TPSA) is 9.23 Å². The highest BCUT2D eigenvalue weighted by atomic mass is 19.4. The van der Waals surface area contributed by atoms with Gasteiger partial charge in [-0.15, -0.1) is 13.2 Å². The minimum absolute atomic E-state index is 0.0313. The third kappa shape index (κ3) is 4.51. The van der Waals surface area contributed by atoms with Crippen LogP contribution in [0, 0.1) is 23.3 Å². The van der Waals surface area contributed by atoms with Crippen molar-refractivity contribution < 1.29 is 35.5 Å². The second-order valence-electron chi connectivity index (χ2n) is 7.34. The fourth-order valence-corrected chi connectivity index (χ4v) is 3.65. The molecule has 0 atom stereocenters. The van der Waals surface area contributed by atoms with Crippen LogP contribution in [0.15, 0.2) is 60.7 Å². The van der Waals surface area contributed by atoms with Gasteiger partial charge in [-0.25, -0.2) is 17.6 Å². The molecule has 0 saturated heterocycles. The minimum Gasteiger partial charge on any atom is -0.403 e. The average Bonchev–Trinajstić information content (AvgIpc) is 2.74. The van der Waals surface area contributed by atoms with E-state index in [-0.39, 0.29) is 22.1 Å². The Morgan fingerprint density at radius 1 is 0.727 bits per heavy atom. The zero-order valence-corrected chi connectivity index (χ0v) is 17.0. The van der Waals surface area contributed by atoms with Crippen molar-refractivity contribution in [3.05, 3.63) is 89.5 Å². The SMILES string of the molecule is CCc1ccc2c(F)c(-c3cc(F)c(-c4ccc(OC(F)(F)F)c(F)c4)c(F)c3)ccc2c1. The van der Waals surface area contributed by atoms with Crippen molar-refractivity contribution in [1.29, 1.82) is 0 Å². The van der Waals surface area contributed by atoms with E-state index in [9.17, 15) is 26.3 Å². The molecule has 1 nitrogen and oxygen atoms in total. The van der Waals surface area contributed by atoms with Gasteiger partial charge in [0.05, 0.1) is 5.56 Å². The average molecular weight is 464 g/mol. The summed E-state index contributed by atoms with van der Waals surface area (Å²) in [6.07, 6.45) is -4.36. The van der Waals surface area contributed by atoms with Gasteiger partial charge in [0.1, 0.15) is 17.5 Å². The van der Waals surface area contributed by atoms with Crippen LogP contribution >= 0.6 is 0 Å². The lowest BCUT2D eigenvalue weighted by Gasteiger charge is -2.13. The second-order valence-corrected chi connectivity index (χ2v) is 7.34. The Kier molecular flexibility index (Phi) is 5.78. The summed E-state index contributed by atoms with van der Waals surface area (Å²) in [5.41, 5.74) is -0.101. The van der Waals surface area contributed by atoms with Crippen LogP contribution in [0.4, 0.5) is 30.7 Å². The molecule has 4 aromatic rings. The number of aryl methyl sites for hydroxylation is 1. The molecule has 0 aliphatic carbocycles. The molecule has 0 fully saturated rings. The van der Waals surface area contributed by atoms with Crippen molar-refractivity contribution in [2.24, 2.45) is 0 Å². The Hall–Kier alpha value is -3.55. The molecule has 0 bridgehead atoms. The maximum absolute atomic E-state index is 15.1. The van der Waals surface area contributed by atoms with Crippen LogP contribution in [0.5, 0.6) is 5.75 Å².